The van der Waals surface area contributed by atoms with Crippen molar-refractivity contribution in [1.82, 2.24) is 14.9 Å². The molecule has 0 spiro atoms. The molecule has 0 unspecified atom stereocenters. The van der Waals surface area contributed by atoms with Crippen LogP contribution >= 0.6 is 11.6 Å². The van der Waals surface area contributed by atoms with Gasteiger partial charge in [0.05, 0.1) is 5.56 Å². The smallest absolute Gasteiger partial charge is 0.350 e. The zero-order valence-electron chi connectivity index (χ0n) is 14.4. The first-order valence-electron chi connectivity index (χ1n) is 8.22. The third-order valence-corrected chi connectivity index (χ3v) is 4.55. The average molecular weight is 400 g/mol. The molecular weight excluding hydrogens is 383 g/mol. The lowest BCUT2D eigenvalue weighted by atomic mass is 10.2. The molecule has 0 aliphatic carbocycles. The summed E-state index contributed by atoms with van der Waals surface area (Å²) in [7, 11) is 0. The van der Waals surface area contributed by atoms with E-state index in [9.17, 15) is 18.0 Å². The number of nitrogens with one attached hydrogen (secondary N) is 1. The topological polar surface area (TPSA) is 61.4 Å². The van der Waals surface area contributed by atoms with Gasteiger partial charge in [-0.1, -0.05) is 11.6 Å². The summed E-state index contributed by atoms with van der Waals surface area (Å²) in [5.41, 5.74) is -0.456. The van der Waals surface area contributed by atoms with Crippen LogP contribution in [0.4, 0.5) is 29.5 Å². The Morgan fingerprint density at radius 3 is 2.44 bits per heavy atom. The maximum absolute atomic E-state index is 12.6. The van der Waals surface area contributed by atoms with Gasteiger partial charge >= 0.3 is 12.2 Å². The summed E-state index contributed by atoms with van der Waals surface area (Å²) in [6.07, 6.45) is -1.35. The molecule has 2 aromatic rings. The van der Waals surface area contributed by atoms with Crippen molar-refractivity contribution in [3.63, 3.8) is 0 Å². The number of hydrogen-bond donors (Lipinski definition) is 1. The van der Waals surface area contributed by atoms with Crippen LogP contribution in [0.5, 0.6) is 0 Å². The first-order chi connectivity index (χ1) is 12.8. The molecule has 1 aliphatic heterocycles. The van der Waals surface area contributed by atoms with Crippen LogP contribution in [-0.4, -0.2) is 46.6 Å². The Labute approximate surface area is 159 Å². The fraction of sp³-hybridized carbons (Fsp3) is 0.353. The van der Waals surface area contributed by atoms with Crippen molar-refractivity contribution >= 4 is 29.1 Å². The molecule has 1 aliphatic rings. The number of benzene rings is 1. The minimum atomic E-state index is -4.41. The van der Waals surface area contributed by atoms with Gasteiger partial charge in [-0.3, -0.25) is 0 Å². The zero-order valence-corrected chi connectivity index (χ0v) is 15.1. The van der Waals surface area contributed by atoms with Crippen molar-refractivity contribution in [2.75, 3.05) is 29.9 Å². The highest BCUT2D eigenvalue weighted by atomic mass is 35.5. The molecule has 6 nitrogen and oxygen atoms in total. The predicted molar refractivity (Wildman–Crippen MR) is 95.9 cm³/mol. The number of carbonyl (C=O) groups is 1. The van der Waals surface area contributed by atoms with Gasteiger partial charge in [0.2, 0.25) is 0 Å². The molecule has 1 fully saturated rings. The molecule has 0 radical (unpaired) electrons. The highest BCUT2D eigenvalue weighted by molar-refractivity contribution is 6.31. The maximum Gasteiger partial charge on any atom is 0.416 e. The van der Waals surface area contributed by atoms with Crippen LogP contribution in [0.15, 0.2) is 36.7 Å². The Morgan fingerprint density at radius 1 is 1.19 bits per heavy atom. The molecule has 2 heterocycles. The summed E-state index contributed by atoms with van der Waals surface area (Å²) >= 11 is 6.07. The Kier molecular flexibility index (Phi) is 5.41. The quantitative estimate of drug-likeness (QED) is 0.832. The van der Waals surface area contributed by atoms with Gasteiger partial charge in [0, 0.05) is 43.8 Å². The number of carbonyl (C=O) groups excluding carboxylic acids is 1. The molecule has 1 aromatic carbocycles. The van der Waals surface area contributed by atoms with Gasteiger partial charge < -0.3 is 15.1 Å². The van der Waals surface area contributed by atoms with Crippen LogP contribution in [0.3, 0.4) is 0 Å². The van der Waals surface area contributed by atoms with E-state index in [1.807, 2.05) is 11.8 Å². The van der Waals surface area contributed by atoms with Crippen molar-refractivity contribution in [2.24, 2.45) is 0 Å². The molecule has 1 saturated heterocycles. The van der Waals surface area contributed by atoms with Gasteiger partial charge in [0.15, 0.2) is 11.0 Å². The van der Waals surface area contributed by atoms with E-state index in [-0.39, 0.29) is 12.1 Å². The minimum absolute atomic E-state index is 0.147. The van der Waals surface area contributed by atoms with Crippen LogP contribution in [0, 0.1) is 0 Å². The predicted octanol–water partition coefficient (Wildman–Crippen LogP) is 3.89. The highest BCUT2D eigenvalue weighted by Gasteiger charge is 2.31. The zero-order chi connectivity index (χ0) is 19.6. The van der Waals surface area contributed by atoms with Gasteiger partial charge in [0.25, 0.3) is 0 Å². The molecule has 2 amide bonds. The van der Waals surface area contributed by atoms with Crippen LogP contribution in [-0.2, 0) is 6.18 Å². The van der Waals surface area contributed by atoms with Gasteiger partial charge in [-0.05, 0) is 31.2 Å². The minimum Gasteiger partial charge on any atom is -0.350 e. The number of anilines is 2. The number of piperazine rings is 1. The molecule has 0 saturated carbocycles. The van der Waals surface area contributed by atoms with E-state index in [2.05, 4.69) is 15.3 Å². The molecule has 144 valence electrons. The van der Waals surface area contributed by atoms with Gasteiger partial charge in [-0.15, -0.1) is 0 Å². The lowest BCUT2D eigenvalue weighted by Crippen LogP contribution is -2.55. The molecule has 27 heavy (non-hydrogen) atoms. The molecule has 1 aromatic heterocycles. The SMILES string of the molecule is C[C@@H]1CN(c2nccnc2Cl)CCN1C(=O)Nc1ccc(C(F)(F)F)cc1. The van der Waals surface area contributed by atoms with Gasteiger partial charge in [-0.25, -0.2) is 14.8 Å². The van der Waals surface area contributed by atoms with E-state index in [4.69, 9.17) is 11.6 Å². The summed E-state index contributed by atoms with van der Waals surface area (Å²) in [5.74, 6) is 0.564. The maximum atomic E-state index is 12.6. The second kappa shape index (κ2) is 7.59. The number of nitrogens with zero attached hydrogens (tertiary/aromatic N) is 4. The molecule has 1 N–H and O–H groups in total. The largest absolute Gasteiger partial charge is 0.416 e. The lowest BCUT2D eigenvalue weighted by Gasteiger charge is -2.40. The number of amides is 2. The number of aromatic nitrogens is 2. The number of alkyl halides is 3. The van der Waals surface area contributed by atoms with E-state index < -0.39 is 11.7 Å². The van der Waals surface area contributed by atoms with Crippen molar-refractivity contribution < 1.29 is 18.0 Å². The fourth-order valence-corrected chi connectivity index (χ4v) is 3.14. The van der Waals surface area contributed by atoms with Crippen LogP contribution in [0.2, 0.25) is 5.15 Å². The molecular formula is C17H17ClF3N5O. The first kappa shape index (κ1) is 19.2. The highest BCUT2D eigenvalue weighted by Crippen LogP contribution is 2.30. The molecule has 1 atom stereocenters. The second-order valence-corrected chi connectivity index (χ2v) is 6.52. The van der Waals surface area contributed by atoms with Crippen molar-refractivity contribution in [2.45, 2.75) is 19.1 Å². The Hall–Kier alpha value is -2.55. The van der Waals surface area contributed by atoms with E-state index in [0.29, 0.717) is 36.3 Å². The molecule has 0 bridgehead atoms. The first-order valence-corrected chi connectivity index (χ1v) is 8.60. The Balaban J connectivity index is 1.62. The van der Waals surface area contributed by atoms with Gasteiger partial charge in [-0.2, -0.15) is 13.2 Å². The summed E-state index contributed by atoms with van der Waals surface area (Å²) in [6.45, 7) is 3.32. The van der Waals surface area contributed by atoms with E-state index in [0.717, 1.165) is 12.1 Å². The normalized spacial score (nSPS) is 17.7. The summed E-state index contributed by atoms with van der Waals surface area (Å²) < 4.78 is 37.8. The third kappa shape index (κ3) is 4.41. The summed E-state index contributed by atoms with van der Waals surface area (Å²) in [6, 6.07) is 3.83. The van der Waals surface area contributed by atoms with E-state index >= 15 is 0 Å². The summed E-state index contributed by atoms with van der Waals surface area (Å²) in [5, 5.41) is 2.93. The van der Waals surface area contributed by atoms with E-state index in [1.54, 1.807) is 11.1 Å². The standard InChI is InChI=1S/C17H17ClF3N5O/c1-11-10-25(15-14(18)22-6-7-23-15)8-9-26(11)16(27)24-13-4-2-12(3-5-13)17(19,20)21/h2-7,11H,8-10H2,1H3,(H,24,27)/t11-/m1/s1. The Bertz CT molecular complexity index is 815. The van der Waals surface area contributed by atoms with Crippen molar-refractivity contribution in [3.8, 4) is 0 Å². The van der Waals surface area contributed by atoms with Crippen molar-refractivity contribution in [3.05, 3.63) is 47.4 Å². The number of urea groups is 1. The summed E-state index contributed by atoms with van der Waals surface area (Å²) in [4.78, 5) is 24.3. The van der Waals surface area contributed by atoms with Crippen LogP contribution in [0.25, 0.3) is 0 Å². The molecule has 10 heteroatoms. The van der Waals surface area contributed by atoms with Crippen LogP contribution < -0.4 is 10.2 Å². The lowest BCUT2D eigenvalue weighted by molar-refractivity contribution is -0.137. The van der Waals surface area contributed by atoms with Crippen LogP contribution in [0.1, 0.15) is 12.5 Å². The fourth-order valence-electron chi connectivity index (χ4n) is 2.92. The third-order valence-electron chi connectivity index (χ3n) is 4.29. The average Bonchev–Trinajstić information content (AvgIpc) is 2.61. The monoisotopic (exact) mass is 399 g/mol. The number of hydrogen-bond acceptors (Lipinski definition) is 4. The van der Waals surface area contributed by atoms with Crippen molar-refractivity contribution in [1.29, 1.82) is 0 Å². The van der Waals surface area contributed by atoms with Gasteiger partial charge in [0.1, 0.15) is 0 Å². The number of halogens is 4. The Morgan fingerprint density at radius 2 is 1.85 bits per heavy atom. The van der Waals surface area contributed by atoms with E-state index in [1.165, 1.54) is 18.3 Å². The number of rotatable bonds is 2. The second-order valence-electron chi connectivity index (χ2n) is 6.16. The molecule has 3 rings (SSSR count).